The second-order valence-electron chi connectivity index (χ2n) is 4.16. The standard InChI is InChI=1S/C11H5Cl2F6N3S/c12-4-1-3(10(14,15)16)2-5(13)6(4)7-8(20)22-9(21-7)23-11(17,18)19/h1-2H,20H2,(H,21,22). The molecule has 0 spiro atoms. The molecule has 0 atom stereocenters. The van der Waals surface area contributed by atoms with Crippen molar-refractivity contribution in [1.82, 2.24) is 9.97 Å². The number of hydrogen-bond donors (Lipinski definition) is 2. The lowest BCUT2D eigenvalue weighted by Gasteiger charge is -2.11. The maximum absolute atomic E-state index is 12.7. The van der Waals surface area contributed by atoms with Crippen LogP contribution in [0.5, 0.6) is 0 Å². The van der Waals surface area contributed by atoms with E-state index in [2.05, 4.69) is 9.97 Å². The summed E-state index contributed by atoms with van der Waals surface area (Å²) in [4.78, 5) is 5.70. The molecule has 0 saturated heterocycles. The second kappa shape index (κ2) is 5.99. The van der Waals surface area contributed by atoms with Gasteiger partial charge in [-0.05, 0) is 12.1 Å². The number of halogens is 8. The van der Waals surface area contributed by atoms with Crippen LogP contribution < -0.4 is 5.73 Å². The van der Waals surface area contributed by atoms with E-state index < -0.39 is 44.2 Å². The lowest BCUT2D eigenvalue weighted by Crippen LogP contribution is -2.05. The van der Waals surface area contributed by atoms with E-state index in [4.69, 9.17) is 28.9 Å². The molecule has 23 heavy (non-hydrogen) atoms. The zero-order valence-electron chi connectivity index (χ0n) is 10.6. The molecule has 0 radical (unpaired) electrons. The molecular weight excluding hydrogens is 391 g/mol. The van der Waals surface area contributed by atoms with Gasteiger partial charge in [-0.25, -0.2) is 4.98 Å². The summed E-state index contributed by atoms with van der Waals surface area (Å²) >= 11 is 11.0. The minimum atomic E-state index is -4.68. The number of H-pyrrole nitrogens is 1. The fraction of sp³-hybridized carbons (Fsp3) is 0.182. The fourth-order valence-electron chi connectivity index (χ4n) is 1.69. The van der Waals surface area contributed by atoms with Crippen LogP contribution in [0.2, 0.25) is 10.0 Å². The van der Waals surface area contributed by atoms with E-state index in [0.29, 0.717) is 12.1 Å². The number of nitrogen functional groups attached to an aromatic ring is 1. The van der Waals surface area contributed by atoms with Gasteiger partial charge in [0.1, 0.15) is 0 Å². The van der Waals surface area contributed by atoms with Crippen molar-refractivity contribution in [2.45, 2.75) is 16.8 Å². The van der Waals surface area contributed by atoms with Crippen molar-refractivity contribution in [3.8, 4) is 11.3 Å². The lowest BCUT2D eigenvalue weighted by molar-refractivity contribution is -0.137. The van der Waals surface area contributed by atoms with E-state index in [0.717, 1.165) is 0 Å². The second-order valence-corrected chi connectivity index (χ2v) is 6.03. The van der Waals surface area contributed by atoms with Gasteiger partial charge < -0.3 is 10.7 Å². The Bertz CT molecular complexity index is 717. The summed E-state index contributed by atoms with van der Waals surface area (Å²) in [6.45, 7) is 0. The van der Waals surface area contributed by atoms with Crippen LogP contribution in [0.25, 0.3) is 11.3 Å². The number of nitrogens with two attached hydrogens (primary N) is 1. The Balaban J connectivity index is 2.51. The number of rotatable bonds is 2. The maximum atomic E-state index is 12.7. The van der Waals surface area contributed by atoms with Gasteiger partial charge in [-0.3, -0.25) is 0 Å². The number of imidazole rings is 1. The third kappa shape index (κ3) is 4.18. The average molecular weight is 396 g/mol. The monoisotopic (exact) mass is 395 g/mol. The van der Waals surface area contributed by atoms with E-state index in [9.17, 15) is 26.3 Å². The fourth-order valence-corrected chi connectivity index (χ4v) is 2.88. The van der Waals surface area contributed by atoms with Crippen LogP contribution >= 0.6 is 35.0 Å². The van der Waals surface area contributed by atoms with Gasteiger partial charge in [0.2, 0.25) is 0 Å². The first kappa shape index (κ1) is 18.1. The van der Waals surface area contributed by atoms with E-state index in [1.54, 1.807) is 0 Å². The third-order valence-corrected chi connectivity index (χ3v) is 3.76. The predicted octanol–water partition coefficient (Wildman–Crippen LogP) is 5.60. The first-order chi connectivity index (χ1) is 10.4. The summed E-state index contributed by atoms with van der Waals surface area (Å²) in [5.74, 6) is -0.375. The van der Waals surface area contributed by atoms with Crippen LogP contribution in [0.1, 0.15) is 5.56 Å². The molecule has 12 heteroatoms. The molecule has 0 saturated carbocycles. The zero-order valence-corrected chi connectivity index (χ0v) is 12.9. The molecule has 3 nitrogen and oxygen atoms in total. The summed E-state index contributed by atoms with van der Waals surface area (Å²) < 4.78 is 74.9. The number of aromatic amines is 1. The van der Waals surface area contributed by atoms with Gasteiger partial charge in [0, 0.05) is 17.3 Å². The largest absolute Gasteiger partial charge is 0.449 e. The number of anilines is 1. The topological polar surface area (TPSA) is 54.7 Å². The number of nitrogens with one attached hydrogen (secondary N) is 1. The molecule has 1 aromatic heterocycles. The summed E-state index contributed by atoms with van der Waals surface area (Å²) in [6, 6.07) is 1.19. The number of benzene rings is 1. The van der Waals surface area contributed by atoms with Gasteiger partial charge in [-0.2, -0.15) is 26.3 Å². The van der Waals surface area contributed by atoms with Gasteiger partial charge in [0.25, 0.3) is 0 Å². The van der Waals surface area contributed by atoms with Gasteiger partial charge in [-0.15, -0.1) is 0 Å². The molecular formula is C11H5Cl2F6N3S. The number of thioether (sulfide) groups is 1. The van der Waals surface area contributed by atoms with Crippen molar-refractivity contribution in [3.05, 3.63) is 27.7 Å². The van der Waals surface area contributed by atoms with Crippen molar-refractivity contribution in [3.63, 3.8) is 0 Å². The molecule has 0 unspecified atom stereocenters. The lowest BCUT2D eigenvalue weighted by atomic mass is 10.1. The van der Waals surface area contributed by atoms with Gasteiger partial charge in [-0.1, -0.05) is 23.2 Å². The van der Waals surface area contributed by atoms with Gasteiger partial charge >= 0.3 is 11.7 Å². The summed E-state index contributed by atoms with van der Waals surface area (Å²) in [5, 5.41) is -1.44. The molecule has 0 amide bonds. The Hall–Kier alpha value is -1.26. The summed E-state index contributed by atoms with van der Waals surface area (Å²) in [5.41, 5.74) is -0.583. The smallest absolute Gasteiger partial charge is 0.382 e. The Morgan fingerprint density at radius 2 is 1.57 bits per heavy atom. The Labute approximate surface area is 139 Å². The maximum Gasteiger partial charge on any atom is 0.449 e. The first-order valence-corrected chi connectivity index (χ1v) is 7.13. The van der Waals surface area contributed by atoms with Crippen molar-refractivity contribution < 1.29 is 26.3 Å². The Morgan fingerprint density at radius 1 is 1.04 bits per heavy atom. The van der Waals surface area contributed by atoms with Gasteiger partial charge in [0.15, 0.2) is 11.0 Å². The van der Waals surface area contributed by atoms with Crippen LogP contribution in [0.15, 0.2) is 17.3 Å². The normalized spacial score (nSPS) is 12.7. The molecule has 0 aliphatic heterocycles. The molecule has 2 aromatic rings. The SMILES string of the molecule is Nc1nc(SC(F)(F)F)[nH]c1-c1c(Cl)cc(C(F)(F)F)cc1Cl. The van der Waals surface area contributed by atoms with Crippen molar-refractivity contribution in [2.75, 3.05) is 5.73 Å². The molecule has 2 rings (SSSR count). The van der Waals surface area contributed by atoms with Crippen molar-refractivity contribution in [2.24, 2.45) is 0 Å². The molecule has 3 N–H and O–H groups in total. The molecule has 0 bridgehead atoms. The number of alkyl halides is 6. The Kier molecular flexibility index (Phi) is 4.71. The third-order valence-electron chi connectivity index (χ3n) is 2.54. The molecule has 1 aromatic carbocycles. The molecule has 0 aliphatic rings. The minimum absolute atomic E-state index is 0.166. The molecule has 126 valence electrons. The van der Waals surface area contributed by atoms with Crippen LogP contribution in [-0.4, -0.2) is 15.5 Å². The predicted molar refractivity (Wildman–Crippen MR) is 75.4 cm³/mol. The number of nitrogens with zero attached hydrogens (tertiary/aromatic N) is 1. The molecule has 0 fully saturated rings. The van der Waals surface area contributed by atoms with Crippen LogP contribution in [0, 0.1) is 0 Å². The summed E-state index contributed by atoms with van der Waals surface area (Å²) in [6.07, 6.45) is -4.68. The van der Waals surface area contributed by atoms with Crippen LogP contribution in [0.4, 0.5) is 32.2 Å². The highest BCUT2D eigenvalue weighted by molar-refractivity contribution is 8.00. The highest BCUT2D eigenvalue weighted by atomic mass is 35.5. The van der Waals surface area contributed by atoms with Gasteiger partial charge in [0.05, 0.1) is 21.3 Å². The minimum Gasteiger partial charge on any atom is -0.382 e. The number of aromatic nitrogens is 2. The quantitative estimate of drug-likeness (QED) is 0.514. The van der Waals surface area contributed by atoms with E-state index in [-0.39, 0.29) is 17.1 Å². The van der Waals surface area contributed by atoms with Crippen molar-refractivity contribution in [1.29, 1.82) is 0 Å². The van der Waals surface area contributed by atoms with Crippen molar-refractivity contribution >= 4 is 40.8 Å². The number of hydrogen-bond acceptors (Lipinski definition) is 3. The molecule has 0 aliphatic carbocycles. The average Bonchev–Trinajstić information content (AvgIpc) is 2.65. The Morgan fingerprint density at radius 3 is 2.00 bits per heavy atom. The van der Waals surface area contributed by atoms with E-state index in [1.807, 2.05) is 0 Å². The van der Waals surface area contributed by atoms with E-state index >= 15 is 0 Å². The summed E-state index contributed by atoms with van der Waals surface area (Å²) in [7, 11) is 0. The molecule has 1 heterocycles. The van der Waals surface area contributed by atoms with Crippen LogP contribution in [0.3, 0.4) is 0 Å². The van der Waals surface area contributed by atoms with Crippen LogP contribution in [-0.2, 0) is 6.18 Å². The highest BCUT2D eigenvalue weighted by Crippen LogP contribution is 2.43. The zero-order chi connectivity index (χ0) is 17.6. The highest BCUT2D eigenvalue weighted by Gasteiger charge is 2.34. The first-order valence-electron chi connectivity index (χ1n) is 5.56. The van der Waals surface area contributed by atoms with E-state index in [1.165, 1.54) is 0 Å².